The van der Waals surface area contributed by atoms with Gasteiger partial charge < -0.3 is 4.90 Å². The average Bonchev–Trinajstić information content (AvgIpc) is 2.72. The number of sulfonamides is 1. The molecule has 0 spiro atoms. The number of hydrogen-bond donors (Lipinski definition) is 0. The quantitative estimate of drug-likeness (QED) is 0.652. The molecule has 1 fully saturated rings. The molecule has 1 aromatic heterocycles. The van der Waals surface area contributed by atoms with Crippen molar-refractivity contribution in [3.05, 3.63) is 53.0 Å². The smallest absolute Gasteiger partial charge is 0.243 e. The first-order valence-electron chi connectivity index (χ1n) is 9.27. The maximum Gasteiger partial charge on any atom is 0.243 e. The van der Waals surface area contributed by atoms with Gasteiger partial charge in [0.15, 0.2) is 0 Å². The van der Waals surface area contributed by atoms with Gasteiger partial charge in [-0.2, -0.15) is 9.57 Å². The fourth-order valence-corrected chi connectivity index (χ4v) is 5.62. The van der Waals surface area contributed by atoms with E-state index in [0.717, 1.165) is 23.4 Å². The van der Waals surface area contributed by atoms with E-state index in [1.54, 1.807) is 4.90 Å². The molecule has 7 nitrogen and oxygen atoms in total. The van der Waals surface area contributed by atoms with Gasteiger partial charge in [0.1, 0.15) is 16.9 Å². The summed E-state index contributed by atoms with van der Waals surface area (Å²) in [5.74, 6) is -0.515. The molecule has 0 aliphatic carbocycles. The Morgan fingerprint density at radius 2 is 1.83 bits per heavy atom. The third-order valence-corrected chi connectivity index (χ3v) is 7.67. The van der Waals surface area contributed by atoms with Gasteiger partial charge in [-0.1, -0.05) is 11.8 Å². The number of thioether (sulfide) groups is 1. The lowest BCUT2D eigenvalue weighted by Gasteiger charge is -2.34. The van der Waals surface area contributed by atoms with Gasteiger partial charge >= 0.3 is 0 Å². The Balaban J connectivity index is 1.60. The fraction of sp³-hybridized carbons (Fsp3) is 0.350. The van der Waals surface area contributed by atoms with E-state index in [1.807, 2.05) is 19.9 Å². The number of aromatic nitrogens is 1. The molecule has 1 aliphatic heterocycles. The molecule has 0 atom stereocenters. The summed E-state index contributed by atoms with van der Waals surface area (Å²) in [6.07, 6.45) is 0. The highest BCUT2D eigenvalue weighted by Gasteiger charge is 2.30. The van der Waals surface area contributed by atoms with E-state index in [9.17, 15) is 22.9 Å². The van der Waals surface area contributed by atoms with Crippen LogP contribution < -0.4 is 0 Å². The molecular formula is C20H21FN4O3S2. The Hall–Kier alpha value is -2.48. The Morgan fingerprint density at radius 3 is 2.43 bits per heavy atom. The Morgan fingerprint density at radius 1 is 1.20 bits per heavy atom. The van der Waals surface area contributed by atoms with Crippen LogP contribution in [0.2, 0.25) is 0 Å². The molecule has 0 radical (unpaired) electrons. The standard InChI is InChI=1S/C20H21FN4O3S2/c1-14-11-15(2)23-20(18(14)12-22)29-13-19(26)24-7-9-25(10-8-24)30(27,28)17-5-3-16(21)4-6-17/h3-6,11H,7-10,13H2,1-2H3. The minimum Gasteiger partial charge on any atom is -0.339 e. The number of nitrogens with zero attached hydrogens (tertiary/aromatic N) is 4. The number of nitriles is 1. The summed E-state index contributed by atoms with van der Waals surface area (Å²) in [5.41, 5.74) is 2.06. The number of halogens is 1. The average molecular weight is 449 g/mol. The van der Waals surface area contributed by atoms with Crippen molar-refractivity contribution in [3.63, 3.8) is 0 Å². The molecule has 0 bridgehead atoms. The summed E-state index contributed by atoms with van der Waals surface area (Å²) >= 11 is 1.21. The Labute approximate surface area is 179 Å². The third kappa shape index (κ3) is 4.80. The molecule has 2 aromatic rings. The van der Waals surface area contributed by atoms with Crippen LogP contribution in [0.1, 0.15) is 16.8 Å². The number of aryl methyl sites for hydroxylation is 2. The van der Waals surface area contributed by atoms with Crippen LogP contribution >= 0.6 is 11.8 Å². The molecular weight excluding hydrogens is 427 g/mol. The van der Waals surface area contributed by atoms with Crippen LogP contribution in [0.3, 0.4) is 0 Å². The number of hydrogen-bond acceptors (Lipinski definition) is 6. The summed E-state index contributed by atoms with van der Waals surface area (Å²) in [4.78, 5) is 18.6. The largest absolute Gasteiger partial charge is 0.339 e. The van der Waals surface area contributed by atoms with Gasteiger partial charge in [-0.05, 0) is 49.7 Å². The second-order valence-electron chi connectivity index (χ2n) is 6.90. The number of rotatable bonds is 5. The van der Waals surface area contributed by atoms with Crippen molar-refractivity contribution in [3.8, 4) is 6.07 Å². The van der Waals surface area contributed by atoms with Crippen LogP contribution in [0.15, 0.2) is 40.3 Å². The lowest BCUT2D eigenvalue weighted by molar-refractivity contribution is -0.129. The molecule has 0 unspecified atom stereocenters. The highest BCUT2D eigenvalue weighted by atomic mass is 32.2. The summed E-state index contributed by atoms with van der Waals surface area (Å²) in [7, 11) is -3.72. The highest BCUT2D eigenvalue weighted by molar-refractivity contribution is 8.00. The van der Waals surface area contributed by atoms with Crippen LogP contribution in [0.5, 0.6) is 0 Å². The topological polar surface area (TPSA) is 94.4 Å². The van der Waals surface area contributed by atoms with E-state index in [1.165, 1.54) is 28.2 Å². The zero-order valence-electron chi connectivity index (χ0n) is 16.6. The predicted molar refractivity (Wildman–Crippen MR) is 111 cm³/mol. The number of pyridine rings is 1. The minimum atomic E-state index is -3.72. The van der Waals surface area contributed by atoms with Crippen LogP contribution in [0, 0.1) is 31.0 Å². The van der Waals surface area contributed by atoms with Crippen LogP contribution in [-0.4, -0.2) is 60.4 Å². The van der Waals surface area contributed by atoms with Crippen molar-refractivity contribution in [2.24, 2.45) is 0 Å². The molecule has 0 N–H and O–H groups in total. The zero-order chi connectivity index (χ0) is 21.9. The van der Waals surface area contributed by atoms with Crippen molar-refractivity contribution in [2.75, 3.05) is 31.9 Å². The molecule has 30 heavy (non-hydrogen) atoms. The SMILES string of the molecule is Cc1cc(C)c(C#N)c(SCC(=O)N2CCN(S(=O)(=O)c3ccc(F)cc3)CC2)n1. The third-order valence-electron chi connectivity index (χ3n) is 4.80. The molecule has 1 aliphatic rings. The van der Waals surface area contributed by atoms with E-state index < -0.39 is 15.8 Å². The molecule has 158 valence electrons. The van der Waals surface area contributed by atoms with E-state index in [-0.39, 0.29) is 42.7 Å². The number of carbonyl (C=O) groups excluding carboxylic acids is 1. The van der Waals surface area contributed by atoms with Gasteiger partial charge in [-0.25, -0.2) is 17.8 Å². The molecule has 3 rings (SSSR count). The summed E-state index contributed by atoms with van der Waals surface area (Å²) in [6.45, 7) is 4.54. The predicted octanol–water partition coefficient (Wildman–Crippen LogP) is 2.33. The Bertz CT molecular complexity index is 1090. The molecule has 1 amide bonds. The second kappa shape index (κ2) is 9.12. The van der Waals surface area contributed by atoms with Crippen LogP contribution in [-0.2, 0) is 14.8 Å². The van der Waals surface area contributed by atoms with Gasteiger partial charge in [0, 0.05) is 31.9 Å². The lowest BCUT2D eigenvalue weighted by Crippen LogP contribution is -2.50. The number of piperazine rings is 1. The first-order valence-corrected chi connectivity index (χ1v) is 11.7. The van der Waals surface area contributed by atoms with E-state index >= 15 is 0 Å². The van der Waals surface area contributed by atoms with Crippen molar-refractivity contribution in [1.29, 1.82) is 5.26 Å². The zero-order valence-corrected chi connectivity index (χ0v) is 18.3. The first kappa shape index (κ1) is 22.2. The summed E-state index contributed by atoms with van der Waals surface area (Å²) in [5, 5.41) is 9.87. The number of benzene rings is 1. The van der Waals surface area contributed by atoms with Crippen molar-refractivity contribution in [2.45, 2.75) is 23.8 Å². The van der Waals surface area contributed by atoms with Crippen molar-refractivity contribution in [1.82, 2.24) is 14.2 Å². The van der Waals surface area contributed by atoms with E-state index in [2.05, 4.69) is 11.1 Å². The molecule has 0 saturated carbocycles. The molecule has 1 aromatic carbocycles. The normalized spacial score (nSPS) is 15.1. The molecule has 1 saturated heterocycles. The molecule has 2 heterocycles. The summed E-state index contributed by atoms with van der Waals surface area (Å²) < 4.78 is 39.7. The number of carbonyl (C=O) groups is 1. The Kier molecular flexibility index (Phi) is 6.75. The summed E-state index contributed by atoms with van der Waals surface area (Å²) in [6, 6.07) is 8.66. The maximum absolute atomic E-state index is 13.1. The first-order chi connectivity index (χ1) is 14.2. The fourth-order valence-electron chi connectivity index (χ4n) is 3.20. The maximum atomic E-state index is 13.1. The van der Waals surface area contributed by atoms with Gasteiger partial charge in [0.25, 0.3) is 0 Å². The van der Waals surface area contributed by atoms with Gasteiger partial charge in [0.2, 0.25) is 15.9 Å². The second-order valence-corrected chi connectivity index (χ2v) is 9.80. The monoisotopic (exact) mass is 448 g/mol. The highest BCUT2D eigenvalue weighted by Crippen LogP contribution is 2.24. The van der Waals surface area contributed by atoms with E-state index in [4.69, 9.17) is 0 Å². The van der Waals surface area contributed by atoms with Crippen molar-refractivity contribution >= 4 is 27.7 Å². The van der Waals surface area contributed by atoms with Crippen LogP contribution in [0.25, 0.3) is 0 Å². The molecule has 10 heteroatoms. The van der Waals surface area contributed by atoms with Gasteiger partial charge in [-0.3, -0.25) is 4.79 Å². The number of amides is 1. The minimum absolute atomic E-state index is 0.0316. The van der Waals surface area contributed by atoms with Crippen molar-refractivity contribution < 1.29 is 17.6 Å². The van der Waals surface area contributed by atoms with Crippen LogP contribution in [0.4, 0.5) is 4.39 Å². The van der Waals surface area contributed by atoms with Gasteiger partial charge in [-0.15, -0.1) is 0 Å². The van der Waals surface area contributed by atoms with Gasteiger partial charge in [0.05, 0.1) is 16.2 Å². The lowest BCUT2D eigenvalue weighted by atomic mass is 10.1. The van der Waals surface area contributed by atoms with E-state index in [0.29, 0.717) is 10.6 Å².